The number of carbonyl (C=O) groups excluding carboxylic acids is 1. The third-order valence-corrected chi connectivity index (χ3v) is 4.20. The van der Waals surface area contributed by atoms with Gasteiger partial charge in [-0.05, 0) is 25.0 Å². The molecule has 4 N–H and O–H groups in total. The molecule has 0 spiro atoms. The zero-order chi connectivity index (χ0) is 18.0. The van der Waals surface area contributed by atoms with Crippen molar-refractivity contribution >= 4 is 5.91 Å². The highest BCUT2D eigenvalue weighted by molar-refractivity contribution is 5.91. The van der Waals surface area contributed by atoms with Crippen LogP contribution in [0.5, 0.6) is 11.8 Å². The third kappa shape index (κ3) is 3.28. The van der Waals surface area contributed by atoms with Crippen LogP contribution in [0.4, 0.5) is 0 Å². The zero-order valence-corrected chi connectivity index (χ0v) is 14.1. The van der Waals surface area contributed by atoms with Crippen LogP contribution in [0.25, 0.3) is 11.1 Å². The van der Waals surface area contributed by atoms with Crippen LogP contribution >= 0.6 is 0 Å². The van der Waals surface area contributed by atoms with Crippen molar-refractivity contribution in [2.45, 2.75) is 26.4 Å². The molecular formula is C17H21N5O3. The lowest BCUT2D eigenvalue weighted by molar-refractivity contribution is -0.115. The Kier molecular flexibility index (Phi) is 4.60. The van der Waals surface area contributed by atoms with Gasteiger partial charge >= 0.3 is 0 Å². The Balaban J connectivity index is 1.89. The molecule has 1 aliphatic rings. The molecule has 0 saturated heterocycles. The summed E-state index contributed by atoms with van der Waals surface area (Å²) in [7, 11) is 0. The standard InChI is InChI=1S/C17H21N5O3/c1-3-25-14-7-11(4-5-19-14)13-9-21-22(17(13)24)16-10(2)6-12(8-20-16)15(18)23/h4-5,7-10,16,20,24H,3,6H2,1-2H3,(H2,18,23). The summed E-state index contributed by atoms with van der Waals surface area (Å²) in [6.07, 6.45) is 5.06. The van der Waals surface area contributed by atoms with E-state index in [1.807, 2.05) is 13.8 Å². The molecule has 3 heterocycles. The summed E-state index contributed by atoms with van der Waals surface area (Å²) in [5, 5.41) is 18.0. The van der Waals surface area contributed by atoms with E-state index in [0.717, 1.165) is 5.56 Å². The van der Waals surface area contributed by atoms with E-state index in [2.05, 4.69) is 15.4 Å². The molecule has 0 aromatic carbocycles. The van der Waals surface area contributed by atoms with E-state index in [1.165, 1.54) is 4.68 Å². The number of nitrogens with two attached hydrogens (primary N) is 1. The van der Waals surface area contributed by atoms with Crippen molar-refractivity contribution < 1.29 is 14.6 Å². The smallest absolute Gasteiger partial charge is 0.246 e. The van der Waals surface area contributed by atoms with Crippen molar-refractivity contribution in [3.8, 4) is 22.9 Å². The first-order valence-electron chi connectivity index (χ1n) is 8.11. The highest BCUT2D eigenvalue weighted by Gasteiger charge is 2.28. The van der Waals surface area contributed by atoms with Crippen molar-refractivity contribution in [3.63, 3.8) is 0 Å². The van der Waals surface area contributed by atoms with Gasteiger partial charge in [0.05, 0.1) is 18.4 Å². The fraction of sp³-hybridized carbons (Fsp3) is 0.353. The van der Waals surface area contributed by atoms with E-state index < -0.39 is 5.91 Å². The number of hydrogen-bond acceptors (Lipinski definition) is 6. The number of primary amides is 1. The quantitative estimate of drug-likeness (QED) is 0.758. The highest BCUT2D eigenvalue weighted by atomic mass is 16.5. The Morgan fingerprint density at radius 3 is 3.04 bits per heavy atom. The molecule has 2 aromatic heterocycles. The first-order valence-corrected chi connectivity index (χ1v) is 8.11. The zero-order valence-electron chi connectivity index (χ0n) is 14.1. The number of hydrogen-bond donors (Lipinski definition) is 3. The minimum absolute atomic E-state index is 0.0302. The molecule has 0 fully saturated rings. The van der Waals surface area contributed by atoms with E-state index in [9.17, 15) is 9.90 Å². The van der Waals surface area contributed by atoms with E-state index in [0.29, 0.717) is 30.0 Å². The highest BCUT2D eigenvalue weighted by Crippen LogP contribution is 2.35. The van der Waals surface area contributed by atoms with Crippen LogP contribution in [-0.2, 0) is 4.79 Å². The van der Waals surface area contributed by atoms with Gasteiger partial charge in [-0.25, -0.2) is 9.67 Å². The normalized spacial score (nSPS) is 19.8. The molecule has 1 amide bonds. The SMILES string of the molecule is CCOc1cc(-c2cnn(C3NC=C(C(N)=O)CC3C)c2O)ccn1. The maximum Gasteiger partial charge on any atom is 0.246 e. The van der Waals surface area contributed by atoms with E-state index in [1.54, 1.807) is 30.7 Å². The van der Waals surface area contributed by atoms with Gasteiger partial charge in [-0.2, -0.15) is 5.10 Å². The number of aromatic hydroxyl groups is 1. The fourth-order valence-electron chi connectivity index (χ4n) is 2.92. The summed E-state index contributed by atoms with van der Waals surface area (Å²) in [6, 6.07) is 3.54. The molecule has 0 saturated carbocycles. The summed E-state index contributed by atoms with van der Waals surface area (Å²) in [5.41, 5.74) is 7.21. The second-order valence-electron chi connectivity index (χ2n) is 5.97. The van der Waals surface area contributed by atoms with Gasteiger partial charge in [0.1, 0.15) is 6.17 Å². The Labute approximate surface area is 145 Å². The number of carbonyl (C=O) groups is 1. The summed E-state index contributed by atoms with van der Waals surface area (Å²) in [4.78, 5) is 15.4. The van der Waals surface area contributed by atoms with Crippen molar-refractivity contribution in [1.82, 2.24) is 20.1 Å². The molecule has 8 nitrogen and oxygen atoms in total. The van der Waals surface area contributed by atoms with Gasteiger partial charge in [0.2, 0.25) is 17.7 Å². The molecule has 3 rings (SSSR count). The van der Waals surface area contributed by atoms with Crippen LogP contribution in [0.15, 0.2) is 36.3 Å². The molecule has 0 radical (unpaired) electrons. The molecule has 2 aromatic rings. The number of ether oxygens (including phenoxy) is 1. The summed E-state index contributed by atoms with van der Waals surface area (Å²) in [6.45, 7) is 4.36. The molecule has 2 atom stereocenters. The molecule has 25 heavy (non-hydrogen) atoms. The van der Waals surface area contributed by atoms with Crippen LogP contribution in [0.3, 0.4) is 0 Å². The number of amides is 1. The van der Waals surface area contributed by atoms with Gasteiger partial charge in [0.25, 0.3) is 0 Å². The predicted octanol–water partition coefficient (Wildman–Crippen LogP) is 1.55. The van der Waals surface area contributed by atoms with Gasteiger partial charge in [0.15, 0.2) is 0 Å². The first kappa shape index (κ1) is 16.8. The molecular weight excluding hydrogens is 322 g/mol. The van der Waals surface area contributed by atoms with E-state index in [4.69, 9.17) is 10.5 Å². The third-order valence-electron chi connectivity index (χ3n) is 4.20. The summed E-state index contributed by atoms with van der Waals surface area (Å²) in [5.74, 6) is 0.116. The Bertz CT molecular complexity index is 814. The number of nitrogens with zero attached hydrogens (tertiary/aromatic N) is 3. The Morgan fingerprint density at radius 1 is 1.56 bits per heavy atom. The second-order valence-corrected chi connectivity index (χ2v) is 5.97. The molecule has 8 heteroatoms. The Hall–Kier alpha value is -3.03. The van der Waals surface area contributed by atoms with Gasteiger partial charge < -0.3 is 20.9 Å². The number of pyridine rings is 1. The van der Waals surface area contributed by atoms with Crippen LogP contribution in [0, 0.1) is 5.92 Å². The van der Waals surface area contributed by atoms with Crippen molar-refractivity contribution in [3.05, 3.63) is 36.3 Å². The van der Waals surface area contributed by atoms with Crippen LogP contribution in [0.2, 0.25) is 0 Å². The van der Waals surface area contributed by atoms with Crippen molar-refractivity contribution in [2.24, 2.45) is 11.7 Å². The van der Waals surface area contributed by atoms with Crippen LogP contribution in [-0.4, -0.2) is 32.4 Å². The molecule has 2 unspecified atom stereocenters. The van der Waals surface area contributed by atoms with Gasteiger partial charge in [0, 0.05) is 30.0 Å². The lowest BCUT2D eigenvalue weighted by atomic mass is 9.95. The maximum atomic E-state index is 11.3. The van der Waals surface area contributed by atoms with E-state index >= 15 is 0 Å². The van der Waals surface area contributed by atoms with Crippen LogP contribution < -0.4 is 15.8 Å². The number of nitrogens with one attached hydrogen (secondary N) is 1. The van der Waals surface area contributed by atoms with Crippen molar-refractivity contribution in [1.29, 1.82) is 0 Å². The molecule has 132 valence electrons. The number of rotatable bonds is 5. The predicted molar refractivity (Wildman–Crippen MR) is 91.5 cm³/mol. The van der Waals surface area contributed by atoms with Gasteiger partial charge in [-0.3, -0.25) is 4.79 Å². The number of aromatic nitrogens is 3. The summed E-state index contributed by atoms with van der Waals surface area (Å²) >= 11 is 0. The van der Waals surface area contributed by atoms with Crippen LogP contribution in [0.1, 0.15) is 26.4 Å². The fourth-order valence-corrected chi connectivity index (χ4v) is 2.92. The lowest BCUT2D eigenvalue weighted by Crippen LogP contribution is -2.35. The van der Waals surface area contributed by atoms with Gasteiger partial charge in [-0.1, -0.05) is 6.92 Å². The lowest BCUT2D eigenvalue weighted by Gasteiger charge is -2.29. The maximum absolute atomic E-state index is 11.3. The largest absolute Gasteiger partial charge is 0.493 e. The van der Waals surface area contributed by atoms with Gasteiger partial charge in [-0.15, -0.1) is 0 Å². The minimum Gasteiger partial charge on any atom is -0.493 e. The Morgan fingerprint density at radius 2 is 2.36 bits per heavy atom. The summed E-state index contributed by atoms with van der Waals surface area (Å²) < 4.78 is 6.91. The molecule has 0 bridgehead atoms. The minimum atomic E-state index is -0.441. The van der Waals surface area contributed by atoms with Crippen molar-refractivity contribution in [2.75, 3.05) is 6.61 Å². The molecule has 0 aliphatic carbocycles. The topological polar surface area (TPSA) is 115 Å². The first-order chi connectivity index (χ1) is 12.0. The monoisotopic (exact) mass is 343 g/mol. The average Bonchev–Trinajstić information content (AvgIpc) is 2.96. The molecule has 1 aliphatic heterocycles. The second kappa shape index (κ2) is 6.84. The average molecular weight is 343 g/mol. The van der Waals surface area contributed by atoms with E-state index in [-0.39, 0.29) is 18.0 Å².